The minimum Gasteiger partial charge on any atom is -0.336 e. The van der Waals surface area contributed by atoms with Gasteiger partial charge in [0.05, 0.1) is 0 Å². The lowest BCUT2D eigenvalue weighted by atomic mass is 9.98. The summed E-state index contributed by atoms with van der Waals surface area (Å²) in [6, 6.07) is 4.06. The second-order valence-electron chi connectivity index (χ2n) is 4.82. The fraction of sp³-hybridized carbons (Fsp3) is 0.538. The zero-order valence-electron chi connectivity index (χ0n) is 10.4. The third-order valence-corrected chi connectivity index (χ3v) is 3.32. The predicted octanol–water partition coefficient (Wildman–Crippen LogP) is 1.34. The minimum atomic E-state index is 0.0925. The highest BCUT2D eigenvalue weighted by Gasteiger charge is 2.27. The average Bonchev–Trinajstić information content (AvgIpc) is 2.28. The number of nitrogens with two attached hydrogens (primary N) is 1. The lowest BCUT2D eigenvalue weighted by Gasteiger charge is -2.36. The molecule has 0 bridgehead atoms. The van der Waals surface area contributed by atoms with Crippen molar-refractivity contribution >= 4 is 5.91 Å². The van der Waals surface area contributed by atoms with E-state index in [2.05, 4.69) is 11.9 Å². The van der Waals surface area contributed by atoms with Crippen LogP contribution >= 0.6 is 0 Å². The summed E-state index contributed by atoms with van der Waals surface area (Å²) in [5, 5.41) is 0. The van der Waals surface area contributed by atoms with Crippen molar-refractivity contribution in [1.82, 2.24) is 9.88 Å². The molecule has 1 aliphatic heterocycles. The van der Waals surface area contributed by atoms with Crippen molar-refractivity contribution in [2.45, 2.75) is 38.8 Å². The Morgan fingerprint density at radius 2 is 2.35 bits per heavy atom. The number of hydrogen-bond acceptors (Lipinski definition) is 3. The molecule has 0 radical (unpaired) electrons. The molecule has 2 heterocycles. The molecule has 2 N–H and O–H groups in total. The van der Waals surface area contributed by atoms with E-state index < -0.39 is 0 Å². The van der Waals surface area contributed by atoms with Gasteiger partial charge in [0, 0.05) is 36.1 Å². The molecule has 1 aliphatic rings. The lowest BCUT2D eigenvalue weighted by molar-refractivity contribution is 0.0619. The van der Waals surface area contributed by atoms with Gasteiger partial charge in [-0.05, 0) is 38.8 Å². The monoisotopic (exact) mass is 233 g/mol. The maximum absolute atomic E-state index is 12.3. The fourth-order valence-corrected chi connectivity index (χ4v) is 2.35. The molecule has 1 aromatic rings. The van der Waals surface area contributed by atoms with E-state index in [0.29, 0.717) is 0 Å². The second kappa shape index (κ2) is 4.84. The molecule has 1 aromatic heterocycles. The van der Waals surface area contributed by atoms with Crippen LogP contribution in [0.1, 0.15) is 35.8 Å². The van der Waals surface area contributed by atoms with Crippen LogP contribution in [0.2, 0.25) is 0 Å². The van der Waals surface area contributed by atoms with Crippen molar-refractivity contribution < 1.29 is 4.79 Å². The highest BCUT2D eigenvalue weighted by atomic mass is 16.2. The number of pyridine rings is 1. The molecule has 1 fully saturated rings. The molecule has 0 saturated carbocycles. The number of carbonyl (C=O) groups excluding carboxylic acids is 1. The molecule has 0 aromatic carbocycles. The van der Waals surface area contributed by atoms with Gasteiger partial charge in [0.1, 0.15) is 0 Å². The molecule has 1 amide bonds. The summed E-state index contributed by atoms with van der Waals surface area (Å²) in [6.45, 7) is 4.71. The van der Waals surface area contributed by atoms with Gasteiger partial charge in [0.15, 0.2) is 0 Å². The first kappa shape index (κ1) is 12.0. The Bertz CT molecular complexity index is 419. The van der Waals surface area contributed by atoms with E-state index >= 15 is 0 Å². The molecule has 17 heavy (non-hydrogen) atoms. The van der Waals surface area contributed by atoms with Crippen LogP contribution in [0.4, 0.5) is 0 Å². The molecule has 2 unspecified atom stereocenters. The Kier molecular flexibility index (Phi) is 3.43. The topological polar surface area (TPSA) is 59.2 Å². The van der Waals surface area contributed by atoms with Crippen LogP contribution in [0, 0.1) is 6.92 Å². The van der Waals surface area contributed by atoms with Crippen LogP contribution in [0.3, 0.4) is 0 Å². The largest absolute Gasteiger partial charge is 0.336 e. The molecular weight excluding hydrogens is 214 g/mol. The smallest absolute Gasteiger partial charge is 0.254 e. The average molecular weight is 233 g/mol. The van der Waals surface area contributed by atoms with Gasteiger partial charge < -0.3 is 10.6 Å². The van der Waals surface area contributed by atoms with E-state index in [4.69, 9.17) is 5.73 Å². The summed E-state index contributed by atoms with van der Waals surface area (Å²) in [5.41, 5.74) is 7.50. The van der Waals surface area contributed by atoms with Crippen molar-refractivity contribution in [3.8, 4) is 0 Å². The molecule has 1 saturated heterocycles. The van der Waals surface area contributed by atoms with Gasteiger partial charge in [0.2, 0.25) is 0 Å². The zero-order valence-corrected chi connectivity index (χ0v) is 10.4. The van der Waals surface area contributed by atoms with E-state index in [1.165, 1.54) is 0 Å². The van der Waals surface area contributed by atoms with Gasteiger partial charge in [-0.3, -0.25) is 9.78 Å². The van der Waals surface area contributed by atoms with Crippen LogP contribution in [-0.4, -0.2) is 34.4 Å². The number of carbonyl (C=O) groups is 1. The Morgan fingerprint density at radius 3 is 3.00 bits per heavy atom. The number of hydrogen-bond donors (Lipinski definition) is 1. The van der Waals surface area contributed by atoms with Crippen molar-refractivity contribution in [2.75, 3.05) is 6.54 Å². The molecular formula is C13H19N3O. The summed E-state index contributed by atoms with van der Waals surface area (Å²) in [7, 11) is 0. The van der Waals surface area contributed by atoms with Crippen molar-refractivity contribution in [2.24, 2.45) is 5.73 Å². The van der Waals surface area contributed by atoms with Crippen molar-refractivity contribution in [3.63, 3.8) is 0 Å². The number of piperidine rings is 1. The first-order chi connectivity index (χ1) is 8.08. The Morgan fingerprint density at radius 1 is 1.59 bits per heavy atom. The van der Waals surface area contributed by atoms with E-state index in [1.807, 2.05) is 17.9 Å². The van der Waals surface area contributed by atoms with Gasteiger partial charge in [-0.1, -0.05) is 0 Å². The fourth-order valence-electron chi connectivity index (χ4n) is 2.35. The second-order valence-corrected chi connectivity index (χ2v) is 4.82. The highest BCUT2D eigenvalue weighted by molar-refractivity contribution is 5.94. The van der Waals surface area contributed by atoms with Crippen molar-refractivity contribution in [3.05, 3.63) is 29.6 Å². The van der Waals surface area contributed by atoms with E-state index in [-0.39, 0.29) is 18.0 Å². The Balaban J connectivity index is 2.15. The maximum Gasteiger partial charge on any atom is 0.254 e. The molecule has 92 valence electrons. The number of aromatic nitrogens is 1. The summed E-state index contributed by atoms with van der Waals surface area (Å²) in [6.07, 6.45) is 3.46. The van der Waals surface area contributed by atoms with Gasteiger partial charge in [-0.15, -0.1) is 0 Å². The zero-order chi connectivity index (χ0) is 12.4. The van der Waals surface area contributed by atoms with Crippen LogP contribution in [-0.2, 0) is 0 Å². The first-order valence-electron chi connectivity index (χ1n) is 6.07. The van der Waals surface area contributed by atoms with Gasteiger partial charge in [0.25, 0.3) is 5.91 Å². The predicted molar refractivity (Wildman–Crippen MR) is 66.7 cm³/mol. The normalized spacial score (nSPS) is 24.8. The summed E-state index contributed by atoms with van der Waals surface area (Å²) < 4.78 is 0. The van der Waals surface area contributed by atoms with Gasteiger partial charge >= 0.3 is 0 Å². The molecule has 4 heteroatoms. The van der Waals surface area contributed by atoms with Crippen LogP contribution in [0.5, 0.6) is 0 Å². The van der Waals surface area contributed by atoms with Crippen LogP contribution in [0.15, 0.2) is 18.3 Å². The van der Waals surface area contributed by atoms with Crippen LogP contribution < -0.4 is 5.73 Å². The standard InChI is InChI=1S/C13H19N3O/c1-9-7-11(3-5-15-9)13(17)16-6-4-12(14)8-10(16)2/h3,5,7,10,12H,4,6,8,14H2,1-2H3. The first-order valence-corrected chi connectivity index (χ1v) is 6.07. The molecule has 2 atom stereocenters. The summed E-state index contributed by atoms with van der Waals surface area (Å²) >= 11 is 0. The summed E-state index contributed by atoms with van der Waals surface area (Å²) in [5.74, 6) is 0.0925. The maximum atomic E-state index is 12.3. The van der Waals surface area contributed by atoms with E-state index in [0.717, 1.165) is 30.6 Å². The minimum absolute atomic E-state index is 0.0925. The van der Waals surface area contributed by atoms with E-state index in [9.17, 15) is 4.79 Å². The molecule has 2 rings (SSSR count). The SMILES string of the molecule is Cc1cc(C(=O)N2CCC(N)CC2C)ccn1. The number of amides is 1. The molecule has 0 aliphatic carbocycles. The summed E-state index contributed by atoms with van der Waals surface area (Å²) in [4.78, 5) is 18.3. The number of nitrogens with zero attached hydrogens (tertiary/aromatic N) is 2. The number of rotatable bonds is 1. The quantitative estimate of drug-likeness (QED) is 0.796. The molecule has 0 spiro atoms. The third-order valence-electron chi connectivity index (χ3n) is 3.32. The Hall–Kier alpha value is -1.42. The number of aryl methyl sites for hydroxylation is 1. The highest BCUT2D eigenvalue weighted by Crippen LogP contribution is 2.18. The van der Waals surface area contributed by atoms with Gasteiger partial charge in [-0.2, -0.15) is 0 Å². The Labute approximate surface area is 102 Å². The van der Waals surface area contributed by atoms with Crippen molar-refractivity contribution in [1.29, 1.82) is 0 Å². The van der Waals surface area contributed by atoms with Crippen LogP contribution in [0.25, 0.3) is 0 Å². The van der Waals surface area contributed by atoms with E-state index in [1.54, 1.807) is 12.3 Å². The number of likely N-dealkylation sites (tertiary alicyclic amines) is 1. The molecule has 4 nitrogen and oxygen atoms in total. The lowest BCUT2D eigenvalue weighted by Crippen LogP contribution is -2.48. The third kappa shape index (κ3) is 2.64. The van der Waals surface area contributed by atoms with Gasteiger partial charge in [-0.25, -0.2) is 0 Å².